The van der Waals surface area contributed by atoms with Crippen molar-refractivity contribution in [2.24, 2.45) is 11.8 Å². The lowest BCUT2D eigenvalue weighted by Crippen LogP contribution is -2.42. The maximum atomic E-state index is 13.1. The average molecular weight is 339 g/mol. The fourth-order valence-electron chi connectivity index (χ4n) is 3.34. The Morgan fingerprint density at radius 1 is 1.35 bits per heavy atom. The summed E-state index contributed by atoms with van der Waals surface area (Å²) in [4.78, 5) is 25.7. The van der Waals surface area contributed by atoms with Crippen LogP contribution in [0.15, 0.2) is 18.2 Å². The molecule has 2 fully saturated rings. The number of amides is 2. The number of hydrogen-bond donors (Lipinski definition) is 1. The Labute approximate surface area is 140 Å². The first-order valence-electron chi connectivity index (χ1n) is 7.93. The Morgan fingerprint density at radius 2 is 2.09 bits per heavy atom. The third kappa shape index (κ3) is 3.83. The molecule has 1 aromatic carbocycles. The molecule has 2 atom stereocenters. The quantitative estimate of drug-likeness (QED) is 0.916. The van der Waals surface area contributed by atoms with Gasteiger partial charge in [0.25, 0.3) is 0 Å². The van der Waals surface area contributed by atoms with Gasteiger partial charge in [-0.2, -0.15) is 0 Å². The maximum Gasteiger partial charge on any atom is 0.224 e. The summed E-state index contributed by atoms with van der Waals surface area (Å²) in [7, 11) is 0. The molecule has 23 heavy (non-hydrogen) atoms. The van der Waals surface area contributed by atoms with Crippen LogP contribution in [-0.2, 0) is 16.0 Å². The molecule has 1 aromatic rings. The fourth-order valence-corrected chi connectivity index (χ4v) is 3.57. The van der Waals surface area contributed by atoms with Gasteiger partial charge in [0.05, 0.1) is 12.5 Å². The molecule has 0 unspecified atom stereocenters. The van der Waals surface area contributed by atoms with Gasteiger partial charge < -0.3 is 10.2 Å². The summed E-state index contributed by atoms with van der Waals surface area (Å²) in [6, 6.07) is 4.04. The number of nitrogens with one attached hydrogen (secondary N) is 1. The number of nitrogens with zero attached hydrogens (tertiary/aromatic N) is 1. The highest BCUT2D eigenvalue weighted by Gasteiger charge is 2.43. The van der Waals surface area contributed by atoms with Crippen LogP contribution < -0.4 is 5.32 Å². The number of carbonyl (C=O) groups is 2. The summed E-state index contributed by atoms with van der Waals surface area (Å²) >= 11 is 5.97. The van der Waals surface area contributed by atoms with Crippen LogP contribution in [0.5, 0.6) is 0 Å². The molecule has 1 aliphatic carbocycles. The van der Waals surface area contributed by atoms with Gasteiger partial charge in [0.15, 0.2) is 0 Å². The van der Waals surface area contributed by atoms with Gasteiger partial charge in [-0.25, -0.2) is 4.39 Å². The van der Waals surface area contributed by atoms with E-state index >= 15 is 0 Å². The Kier molecular flexibility index (Phi) is 4.57. The third-order valence-corrected chi connectivity index (χ3v) is 5.10. The lowest BCUT2D eigenvalue weighted by molar-refractivity contribution is -0.128. The number of likely N-dealkylation sites (tertiary alicyclic amines) is 1. The van der Waals surface area contributed by atoms with Crippen molar-refractivity contribution in [3.8, 4) is 0 Å². The molecule has 1 saturated carbocycles. The zero-order valence-electron chi connectivity index (χ0n) is 13.0. The van der Waals surface area contributed by atoms with Crippen molar-refractivity contribution in [1.82, 2.24) is 10.2 Å². The smallest absolute Gasteiger partial charge is 0.224 e. The van der Waals surface area contributed by atoms with Gasteiger partial charge in [0.2, 0.25) is 11.8 Å². The van der Waals surface area contributed by atoms with Crippen LogP contribution in [0.2, 0.25) is 5.02 Å². The number of hydrogen-bond acceptors (Lipinski definition) is 2. The summed E-state index contributed by atoms with van der Waals surface area (Å²) in [5.74, 6) is 0.444. The minimum atomic E-state index is -0.416. The monoisotopic (exact) mass is 338 g/mol. The summed E-state index contributed by atoms with van der Waals surface area (Å²) in [5.41, 5.74) is 0.606. The zero-order valence-corrected chi connectivity index (χ0v) is 13.8. The van der Waals surface area contributed by atoms with Crippen molar-refractivity contribution in [1.29, 1.82) is 0 Å². The Hall–Kier alpha value is -1.62. The van der Waals surface area contributed by atoms with Crippen molar-refractivity contribution >= 4 is 23.4 Å². The molecule has 2 amide bonds. The molecule has 1 heterocycles. The summed E-state index contributed by atoms with van der Waals surface area (Å²) < 4.78 is 13.1. The van der Waals surface area contributed by atoms with Gasteiger partial charge in [0.1, 0.15) is 5.82 Å². The second-order valence-corrected chi connectivity index (χ2v) is 6.92. The summed E-state index contributed by atoms with van der Waals surface area (Å²) in [6.45, 7) is 2.86. The van der Waals surface area contributed by atoms with Gasteiger partial charge in [-0.05, 0) is 36.5 Å². The molecule has 0 spiro atoms. The van der Waals surface area contributed by atoms with Crippen LogP contribution in [0.3, 0.4) is 0 Å². The van der Waals surface area contributed by atoms with Crippen LogP contribution >= 0.6 is 11.6 Å². The van der Waals surface area contributed by atoms with Crippen LogP contribution in [0.1, 0.15) is 25.3 Å². The molecule has 0 radical (unpaired) electrons. The molecular weight excluding hydrogens is 319 g/mol. The molecule has 4 nitrogen and oxygen atoms in total. The molecule has 1 aliphatic heterocycles. The van der Waals surface area contributed by atoms with E-state index in [0.29, 0.717) is 23.9 Å². The lowest BCUT2D eigenvalue weighted by Gasteiger charge is -2.19. The van der Waals surface area contributed by atoms with Crippen molar-refractivity contribution in [3.05, 3.63) is 34.6 Å². The van der Waals surface area contributed by atoms with Crippen LogP contribution in [0, 0.1) is 17.7 Å². The lowest BCUT2D eigenvalue weighted by atomic mass is 9.98. The van der Waals surface area contributed by atoms with Crippen molar-refractivity contribution < 1.29 is 14.0 Å². The van der Waals surface area contributed by atoms with Gasteiger partial charge in [-0.1, -0.05) is 17.7 Å². The minimum absolute atomic E-state index is 0.00174. The second-order valence-electron chi connectivity index (χ2n) is 6.51. The largest absolute Gasteiger partial charge is 0.351 e. The SMILES string of the molecule is CC(=O)N1C[C@H](NC(=O)Cc2ccc(F)cc2Cl)[C@@H](C2CC2)C1. The minimum Gasteiger partial charge on any atom is -0.351 e. The van der Waals surface area contributed by atoms with Crippen molar-refractivity contribution in [3.63, 3.8) is 0 Å². The van der Waals surface area contributed by atoms with E-state index in [-0.39, 0.29) is 29.3 Å². The van der Waals surface area contributed by atoms with E-state index in [1.54, 1.807) is 11.8 Å². The third-order valence-electron chi connectivity index (χ3n) is 4.75. The molecule has 1 N–H and O–H groups in total. The maximum absolute atomic E-state index is 13.1. The van der Waals surface area contributed by atoms with Gasteiger partial charge in [-0.15, -0.1) is 0 Å². The molecule has 124 valence electrons. The van der Waals surface area contributed by atoms with Crippen LogP contribution in [0.4, 0.5) is 4.39 Å². The van der Waals surface area contributed by atoms with Crippen LogP contribution in [0.25, 0.3) is 0 Å². The van der Waals surface area contributed by atoms with Gasteiger partial charge in [0, 0.05) is 31.0 Å². The summed E-state index contributed by atoms with van der Waals surface area (Å²) in [5, 5.41) is 3.30. The molecular formula is C17H20ClFN2O2. The Balaban J connectivity index is 1.63. The van der Waals surface area contributed by atoms with E-state index in [1.165, 1.54) is 31.0 Å². The molecule has 6 heteroatoms. The Morgan fingerprint density at radius 3 is 2.70 bits per heavy atom. The molecule has 2 aliphatic rings. The Bertz CT molecular complexity index is 633. The number of carbonyl (C=O) groups excluding carboxylic acids is 2. The number of halogens is 2. The average Bonchev–Trinajstić information content (AvgIpc) is 3.23. The number of rotatable bonds is 4. The van der Waals surface area contributed by atoms with E-state index in [9.17, 15) is 14.0 Å². The highest BCUT2D eigenvalue weighted by atomic mass is 35.5. The number of benzene rings is 1. The second kappa shape index (κ2) is 6.48. The van der Waals surface area contributed by atoms with E-state index in [2.05, 4.69) is 5.32 Å². The molecule has 3 rings (SSSR count). The normalized spacial score (nSPS) is 23.9. The topological polar surface area (TPSA) is 49.4 Å². The first kappa shape index (κ1) is 16.2. The van der Waals surface area contributed by atoms with E-state index in [1.807, 2.05) is 0 Å². The molecule has 0 bridgehead atoms. The van der Waals surface area contributed by atoms with Crippen LogP contribution in [-0.4, -0.2) is 35.8 Å². The first-order chi connectivity index (χ1) is 10.9. The van der Waals surface area contributed by atoms with E-state index in [4.69, 9.17) is 11.6 Å². The van der Waals surface area contributed by atoms with E-state index in [0.717, 1.165) is 6.54 Å². The van der Waals surface area contributed by atoms with Gasteiger partial charge >= 0.3 is 0 Å². The van der Waals surface area contributed by atoms with Gasteiger partial charge in [-0.3, -0.25) is 9.59 Å². The highest BCUT2D eigenvalue weighted by molar-refractivity contribution is 6.31. The molecule has 1 saturated heterocycles. The summed E-state index contributed by atoms with van der Waals surface area (Å²) in [6.07, 6.45) is 2.46. The predicted octanol–water partition coefficient (Wildman–Crippen LogP) is 2.39. The fraction of sp³-hybridized carbons (Fsp3) is 0.529. The highest BCUT2D eigenvalue weighted by Crippen LogP contribution is 2.41. The van der Waals surface area contributed by atoms with Crippen molar-refractivity contribution in [2.45, 2.75) is 32.2 Å². The van der Waals surface area contributed by atoms with E-state index < -0.39 is 5.82 Å². The standard InChI is InChI=1S/C17H20ClFN2O2/c1-10(22)21-8-14(11-2-3-11)16(9-21)20-17(23)6-12-4-5-13(19)7-15(12)18/h4-5,7,11,14,16H,2-3,6,8-9H2,1H3,(H,20,23)/t14-,16+/m1/s1. The predicted molar refractivity (Wildman–Crippen MR) is 85.5 cm³/mol. The van der Waals surface area contributed by atoms with Crippen molar-refractivity contribution in [2.75, 3.05) is 13.1 Å². The first-order valence-corrected chi connectivity index (χ1v) is 8.30. The zero-order chi connectivity index (χ0) is 16.6. The molecule has 0 aromatic heterocycles.